The number of aliphatic hydroxyl groups excluding tert-OH is 1. The van der Waals surface area contributed by atoms with Gasteiger partial charge in [0.05, 0.1) is 13.2 Å². The number of aromatic nitrogens is 1. The van der Waals surface area contributed by atoms with Crippen molar-refractivity contribution >= 4 is 17.7 Å². The van der Waals surface area contributed by atoms with E-state index >= 15 is 0 Å². The minimum atomic E-state index is -0.787. The summed E-state index contributed by atoms with van der Waals surface area (Å²) in [6, 6.07) is 1.93. The maximum atomic E-state index is 11.0. The predicted molar refractivity (Wildman–Crippen MR) is 93.1 cm³/mol. The molecule has 0 radical (unpaired) electrons. The Kier molecular flexibility index (Phi) is 11.8. The summed E-state index contributed by atoms with van der Waals surface area (Å²) in [5.74, 6) is 0.348. The van der Waals surface area contributed by atoms with Gasteiger partial charge in [-0.2, -0.15) is 5.26 Å². The Labute approximate surface area is 143 Å². The number of anilines is 1. The smallest absolute Gasteiger partial charge is 0.426 e. The molecule has 0 bridgehead atoms. The lowest BCUT2D eigenvalue weighted by atomic mass is 10.2. The van der Waals surface area contributed by atoms with Gasteiger partial charge in [0.15, 0.2) is 5.78 Å². The molecule has 136 valence electrons. The lowest BCUT2D eigenvalue weighted by Crippen LogP contribution is -2.24. The summed E-state index contributed by atoms with van der Waals surface area (Å²) < 4.78 is 6.01. The molecule has 0 saturated carbocycles. The van der Waals surface area contributed by atoms with Crippen LogP contribution in [0.4, 0.5) is 10.6 Å². The summed E-state index contributed by atoms with van der Waals surface area (Å²) >= 11 is 0. The zero-order valence-electron chi connectivity index (χ0n) is 15.4. The molecule has 0 saturated heterocycles. The van der Waals surface area contributed by atoms with Crippen molar-refractivity contribution in [3.05, 3.63) is 16.8 Å². The molecule has 1 aromatic rings. The first-order chi connectivity index (χ1) is 11.0. The molecule has 1 rings (SSSR count). The number of Topliss-reactive ketones (excluding diaryl/α,β-unsaturated/α-hetero) is 1. The normalized spacial score (nSPS) is 10.1. The molecule has 0 aliphatic heterocycles. The van der Waals surface area contributed by atoms with Gasteiger partial charge in [0.2, 0.25) is 0 Å². The first-order valence-electron chi connectivity index (χ1n) is 7.39. The summed E-state index contributed by atoms with van der Waals surface area (Å²) in [5.41, 5.74) is 11.3. The molecule has 8 heteroatoms. The molecule has 0 aliphatic rings. The van der Waals surface area contributed by atoms with E-state index in [1.54, 1.807) is 0 Å². The molecule has 1 aromatic heterocycles. The van der Waals surface area contributed by atoms with Crippen LogP contribution in [0.5, 0.6) is 0 Å². The Balaban J connectivity index is 0. The molecule has 1 atom stereocenters. The first-order valence-corrected chi connectivity index (χ1v) is 7.39. The van der Waals surface area contributed by atoms with Crippen molar-refractivity contribution in [2.45, 2.75) is 54.1 Å². The summed E-state index contributed by atoms with van der Waals surface area (Å²) in [7, 11) is 1.31. The predicted octanol–water partition coefficient (Wildman–Crippen LogP) is 2.18. The Morgan fingerprint density at radius 2 is 1.79 bits per heavy atom. The molecule has 0 fully saturated rings. The molecule has 4 N–H and O–H groups in total. The Morgan fingerprint density at radius 3 is 2.00 bits per heavy atom. The van der Waals surface area contributed by atoms with E-state index < -0.39 is 12.2 Å². The third kappa shape index (κ3) is 8.19. The van der Waals surface area contributed by atoms with Crippen molar-refractivity contribution in [2.75, 3.05) is 18.3 Å². The number of nitriles is 1. The van der Waals surface area contributed by atoms with Gasteiger partial charge in [0.25, 0.3) is 0 Å². The van der Waals surface area contributed by atoms with Crippen LogP contribution in [0.15, 0.2) is 0 Å². The minimum Gasteiger partial charge on any atom is -0.452 e. The Hall–Kier alpha value is -2.53. The van der Waals surface area contributed by atoms with E-state index in [4.69, 9.17) is 16.1 Å². The third-order valence-electron chi connectivity index (χ3n) is 3.20. The van der Waals surface area contributed by atoms with Crippen molar-refractivity contribution in [3.8, 4) is 6.07 Å². The fourth-order valence-electron chi connectivity index (χ4n) is 1.26. The number of ether oxygens (including phenoxy) is 1. The SMILES string of the molecule is CC(=O)C(C)O.CCC#N.COC(=O)Nn1c(C)c(C)c(C)c1N. The van der Waals surface area contributed by atoms with Crippen molar-refractivity contribution in [3.63, 3.8) is 0 Å². The number of hydrogen-bond donors (Lipinski definition) is 3. The van der Waals surface area contributed by atoms with Gasteiger partial charge in [-0.15, -0.1) is 0 Å². The lowest BCUT2D eigenvalue weighted by Gasteiger charge is -2.09. The van der Waals surface area contributed by atoms with E-state index in [1.807, 2.05) is 33.8 Å². The number of nitrogens with zero attached hydrogens (tertiary/aromatic N) is 2. The molecule has 1 unspecified atom stereocenters. The number of aliphatic hydroxyl groups is 1. The van der Waals surface area contributed by atoms with Crippen LogP contribution in [-0.4, -0.2) is 34.9 Å². The first kappa shape index (κ1) is 23.7. The molecule has 0 aromatic carbocycles. The largest absolute Gasteiger partial charge is 0.452 e. The number of hydrogen-bond acceptors (Lipinski definition) is 6. The highest BCUT2D eigenvalue weighted by Crippen LogP contribution is 2.21. The van der Waals surface area contributed by atoms with Crippen molar-refractivity contribution < 1.29 is 19.4 Å². The van der Waals surface area contributed by atoms with Crippen LogP contribution in [0.2, 0.25) is 0 Å². The van der Waals surface area contributed by atoms with Crippen molar-refractivity contribution in [1.82, 2.24) is 4.68 Å². The second-order valence-electron chi connectivity index (χ2n) is 4.96. The topological polar surface area (TPSA) is 130 Å². The minimum absolute atomic E-state index is 0.185. The maximum absolute atomic E-state index is 11.0. The van der Waals surface area contributed by atoms with Crippen LogP contribution >= 0.6 is 0 Å². The molecule has 24 heavy (non-hydrogen) atoms. The van der Waals surface area contributed by atoms with E-state index in [1.165, 1.54) is 25.6 Å². The number of methoxy groups -OCH3 is 1. The van der Waals surface area contributed by atoms with Gasteiger partial charge in [-0.05, 0) is 45.7 Å². The maximum Gasteiger partial charge on any atom is 0.426 e. The summed E-state index contributed by atoms with van der Waals surface area (Å²) in [4.78, 5) is 20.9. The fraction of sp³-hybridized carbons (Fsp3) is 0.562. The standard InChI is InChI=1S/C9H15N3O2.C4H8O2.C3H5N/c1-5-6(2)8(10)12(7(5)3)11-9(13)14-4;1-3(5)4(2)6;1-2-3-4/h10H2,1-4H3,(H,11,13);3,5H,1-2H3;2H2,1H3. The van der Waals surface area contributed by atoms with Gasteiger partial charge < -0.3 is 15.6 Å². The molecule has 0 aliphatic carbocycles. The van der Waals surface area contributed by atoms with Gasteiger partial charge in [-0.3, -0.25) is 4.79 Å². The van der Waals surface area contributed by atoms with Crippen LogP contribution in [-0.2, 0) is 9.53 Å². The number of carbonyl (C=O) groups excluding carboxylic acids is 2. The van der Waals surface area contributed by atoms with Crippen LogP contribution in [0.25, 0.3) is 0 Å². The third-order valence-corrected chi connectivity index (χ3v) is 3.20. The van der Waals surface area contributed by atoms with Gasteiger partial charge in [-0.25, -0.2) is 14.9 Å². The average molecular weight is 340 g/mol. The number of nitrogens with one attached hydrogen (secondary N) is 1. The monoisotopic (exact) mass is 340 g/mol. The van der Waals surface area contributed by atoms with Crippen LogP contribution in [0, 0.1) is 32.1 Å². The molecular weight excluding hydrogens is 312 g/mol. The lowest BCUT2D eigenvalue weighted by molar-refractivity contribution is -0.124. The van der Waals surface area contributed by atoms with Crippen molar-refractivity contribution in [1.29, 1.82) is 5.26 Å². The molecule has 8 nitrogen and oxygen atoms in total. The van der Waals surface area contributed by atoms with E-state index in [-0.39, 0.29) is 5.78 Å². The van der Waals surface area contributed by atoms with Gasteiger partial charge in [0.1, 0.15) is 11.9 Å². The van der Waals surface area contributed by atoms with E-state index in [2.05, 4.69) is 10.2 Å². The van der Waals surface area contributed by atoms with Crippen LogP contribution in [0.1, 0.15) is 44.0 Å². The van der Waals surface area contributed by atoms with E-state index in [0.717, 1.165) is 16.8 Å². The average Bonchev–Trinajstić information content (AvgIpc) is 2.73. The molecule has 0 spiro atoms. The quantitative estimate of drug-likeness (QED) is 0.756. The summed E-state index contributed by atoms with van der Waals surface area (Å²) in [6.07, 6.45) is -0.695. The number of nitrogen functional groups attached to an aromatic ring is 1. The Morgan fingerprint density at radius 1 is 1.38 bits per heavy atom. The number of amides is 1. The Bertz CT molecular complexity index is 560. The van der Waals surface area contributed by atoms with Gasteiger partial charge in [-0.1, -0.05) is 6.92 Å². The van der Waals surface area contributed by atoms with Crippen molar-refractivity contribution in [2.24, 2.45) is 0 Å². The molecular formula is C16H28N4O4. The van der Waals surface area contributed by atoms with Crippen LogP contribution in [0.3, 0.4) is 0 Å². The molecule has 1 amide bonds. The number of nitrogens with two attached hydrogens (primary N) is 1. The second kappa shape index (κ2) is 12.0. The van der Waals surface area contributed by atoms with E-state index in [9.17, 15) is 9.59 Å². The number of ketones is 1. The number of carbonyl (C=O) groups is 2. The summed E-state index contributed by atoms with van der Waals surface area (Å²) in [5, 5.41) is 15.9. The second-order valence-corrected chi connectivity index (χ2v) is 4.96. The van der Waals surface area contributed by atoms with Gasteiger partial charge >= 0.3 is 6.09 Å². The number of rotatable bonds is 2. The summed E-state index contributed by atoms with van der Waals surface area (Å²) in [6.45, 7) is 10.4. The highest BCUT2D eigenvalue weighted by molar-refractivity contribution is 5.79. The fourth-order valence-corrected chi connectivity index (χ4v) is 1.26. The highest BCUT2D eigenvalue weighted by atomic mass is 16.5. The zero-order chi connectivity index (χ0) is 19.4. The highest BCUT2D eigenvalue weighted by Gasteiger charge is 2.13. The van der Waals surface area contributed by atoms with E-state index in [0.29, 0.717) is 12.2 Å². The zero-order valence-corrected chi connectivity index (χ0v) is 15.4. The van der Waals surface area contributed by atoms with Gasteiger partial charge in [0, 0.05) is 12.1 Å². The van der Waals surface area contributed by atoms with Crippen LogP contribution < -0.4 is 11.2 Å². The molecule has 1 heterocycles.